The summed E-state index contributed by atoms with van der Waals surface area (Å²) < 4.78 is 8.06. The predicted octanol–water partition coefficient (Wildman–Crippen LogP) is -5.64. The van der Waals surface area contributed by atoms with Crippen molar-refractivity contribution in [2.24, 2.45) is 0 Å². The van der Waals surface area contributed by atoms with Crippen LogP contribution in [0.3, 0.4) is 0 Å². The summed E-state index contributed by atoms with van der Waals surface area (Å²) in [6, 6.07) is 0. The van der Waals surface area contributed by atoms with Gasteiger partial charge in [0.15, 0.2) is 0 Å². The van der Waals surface area contributed by atoms with Crippen molar-refractivity contribution in [1.82, 2.24) is 0 Å². The van der Waals surface area contributed by atoms with Gasteiger partial charge < -0.3 is 28.2 Å². The van der Waals surface area contributed by atoms with Crippen molar-refractivity contribution in [3.8, 4) is 0 Å². The smallest absolute Gasteiger partial charge is 0.894 e. The van der Waals surface area contributed by atoms with Crippen LogP contribution in [-0.2, 0) is 38.0 Å². The van der Waals surface area contributed by atoms with E-state index >= 15 is 0 Å². The number of hydrogen-bond donors (Lipinski definition) is 0. The third-order valence-corrected chi connectivity index (χ3v) is 0. The maximum atomic E-state index is 8.58. The predicted molar refractivity (Wildman–Crippen MR) is 12.2 cm³/mol. The van der Waals surface area contributed by atoms with E-state index in [1.54, 1.807) is 10.1 Å². The molecule has 54 valence electrons. The van der Waals surface area contributed by atoms with Crippen molar-refractivity contribution in [2.75, 3.05) is 0 Å². The monoisotopic (exact) mass is 254 g/mol. The molecule has 9 heavy (non-hydrogen) atoms. The molecule has 0 aliphatic heterocycles. The van der Waals surface area contributed by atoms with Gasteiger partial charge in [0.25, 0.3) is 0 Å². The van der Waals surface area contributed by atoms with Gasteiger partial charge >= 0.3 is 48.1 Å². The van der Waals surface area contributed by atoms with E-state index in [0.717, 1.165) is 0 Å². The molecule has 0 heterocycles. The Morgan fingerprint density at radius 1 is 0.889 bits per heavy atom. The van der Waals surface area contributed by atoms with E-state index in [9.17, 15) is 0 Å². The molecule has 0 rings (SSSR count). The standard InChI is InChI=1S/2Co.O4Si.OSi/c;;1-5(2,3)4;1-2/q2*+2;-4;+2. The molecule has 0 aliphatic carbocycles. The van der Waals surface area contributed by atoms with Gasteiger partial charge in [-0.15, -0.1) is 0 Å². The third-order valence-electron chi connectivity index (χ3n) is 0. The van der Waals surface area contributed by atoms with Crippen molar-refractivity contribution < 1.29 is 57.2 Å². The zero-order chi connectivity index (χ0) is 6.50. The minimum atomic E-state index is -5.61. The quantitative estimate of drug-likeness (QED) is 0.400. The summed E-state index contributed by atoms with van der Waals surface area (Å²) in [5.41, 5.74) is 0. The molecular formula is Co2O5Si2+2. The average Bonchev–Trinajstić information content (AvgIpc) is 1.36. The van der Waals surface area contributed by atoms with Crippen molar-refractivity contribution >= 4 is 19.2 Å². The molecule has 0 aromatic rings. The van der Waals surface area contributed by atoms with E-state index in [1.807, 2.05) is 0 Å². The van der Waals surface area contributed by atoms with Crippen molar-refractivity contribution in [3.63, 3.8) is 0 Å². The Kier molecular flexibility index (Phi) is 29.6. The summed E-state index contributed by atoms with van der Waals surface area (Å²) in [6.45, 7) is 0. The molecule has 0 N–H and O–H groups in total. The second-order valence-electron chi connectivity index (χ2n) is 0.500. The molecule has 2 radical (unpaired) electrons. The van der Waals surface area contributed by atoms with Crippen molar-refractivity contribution in [1.29, 1.82) is 0 Å². The Bertz CT molecular complexity index is 36.7. The topological polar surface area (TPSA) is 109 Å². The van der Waals surface area contributed by atoms with Crippen LogP contribution in [0.15, 0.2) is 0 Å². The molecule has 0 saturated carbocycles. The Morgan fingerprint density at radius 3 is 0.889 bits per heavy atom. The van der Waals surface area contributed by atoms with Crippen LogP contribution in [0.1, 0.15) is 0 Å². The molecule has 0 fully saturated rings. The first kappa shape index (κ1) is 22.5. The third kappa shape index (κ3) is 386. The van der Waals surface area contributed by atoms with E-state index in [0.29, 0.717) is 0 Å². The number of rotatable bonds is 0. The first-order chi connectivity index (χ1) is 3.00. The minimum absolute atomic E-state index is 0. The summed E-state index contributed by atoms with van der Waals surface area (Å²) in [6.07, 6.45) is 0. The van der Waals surface area contributed by atoms with Gasteiger partial charge in [-0.3, -0.25) is 0 Å². The van der Waals surface area contributed by atoms with E-state index in [1.165, 1.54) is 0 Å². The van der Waals surface area contributed by atoms with Gasteiger partial charge in [0.1, 0.15) is 0 Å². The molecular weight excluding hydrogens is 254 g/mol. The van der Waals surface area contributed by atoms with Crippen LogP contribution in [0.5, 0.6) is 0 Å². The Hall–Kier alpha value is 1.09. The molecule has 0 saturated heterocycles. The van der Waals surface area contributed by atoms with E-state index in [4.69, 9.17) is 23.6 Å². The molecule has 0 unspecified atom stereocenters. The second-order valence-corrected chi connectivity index (χ2v) is 1.50. The molecule has 0 aromatic carbocycles. The fourth-order valence-corrected chi connectivity index (χ4v) is 0. The van der Waals surface area contributed by atoms with Crippen LogP contribution in [0.4, 0.5) is 0 Å². The van der Waals surface area contributed by atoms with Gasteiger partial charge in [-0.25, -0.2) is 0 Å². The number of hydrogen-bond acceptors (Lipinski definition) is 5. The first-order valence-corrected chi connectivity index (χ1v) is 3.06. The zero-order valence-corrected chi connectivity index (χ0v) is 7.79. The fraction of sp³-hybridized carbons (Fsp3) is 0. The maximum absolute atomic E-state index is 8.58. The van der Waals surface area contributed by atoms with Gasteiger partial charge in [0, 0.05) is 0 Å². The first-order valence-electron chi connectivity index (χ1n) is 1.02. The second kappa shape index (κ2) is 11.8. The SMILES string of the molecule is O=[Si+2].[Co+2].[Co+2].[O-][Si]([O-])([O-])[O-]. The largest absolute Gasteiger partial charge is 2.00 e. The fourth-order valence-electron chi connectivity index (χ4n) is 0. The molecule has 0 aliphatic rings. The molecule has 9 heteroatoms. The van der Waals surface area contributed by atoms with Crippen LogP contribution < -0.4 is 19.2 Å². The molecule has 0 spiro atoms. The summed E-state index contributed by atoms with van der Waals surface area (Å²) in [7, 11) is -3.89. The van der Waals surface area contributed by atoms with Gasteiger partial charge in [0.2, 0.25) is 0 Å². The van der Waals surface area contributed by atoms with Crippen LogP contribution in [0, 0.1) is 0 Å². The zero-order valence-electron chi connectivity index (χ0n) is 3.71. The van der Waals surface area contributed by atoms with E-state index < -0.39 is 9.05 Å². The summed E-state index contributed by atoms with van der Waals surface area (Å²) in [5, 5.41) is 0. The van der Waals surface area contributed by atoms with Crippen LogP contribution in [0.2, 0.25) is 0 Å². The Balaban J connectivity index is -0.0000000286. The van der Waals surface area contributed by atoms with Crippen LogP contribution in [0.25, 0.3) is 0 Å². The van der Waals surface area contributed by atoms with E-state index in [2.05, 4.69) is 0 Å². The Labute approximate surface area is 76.5 Å². The summed E-state index contributed by atoms with van der Waals surface area (Å²) in [4.78, 5) is 34.3. The Morgan fingerprint density at radius 2 is 0.889 bits per heavy atom. The molecule has 0 amide bonds. The van der Waals surface area contributed by atoms with Gasteiger partial charge in [0.05, 0.1) is 0 Å². The minimum Gasteiger partial charge on any atom is -0.894 e. The normalized spacial score (nSPS) is 7.33. The maximum Gasteiger partial charge on any atom is 2.00 e. The van der Waals surface area contributed by atoms with Gasteiger partial charge in [-0.2, -0.15) is 0 Å². The summed E-state index contributed by atoms with van der Waals surface area (Å²) in [5.74, 6) is 0. The average molecular weight is 254 g/mol. The van der Waals surface area contributed by atoms with Crippen molar-refractivity contribution in [3.05, 3.63) is 0 Å². The molecule has 0 aromatic heterocycles. The molecule has 0 atom stereocenters. The van der Waals surface area contributed by atoms with E-state index in [-0.39, 0.29) is 33.6 Å². The van der Waals surface area contributed by atoms with Gasteiger partial charge in [-0.05, 0) is 0 Å². The summed E-state index contributed by atoms with van der Waals surface area (Å²) >= 11 is 0. The van der Waals surface area contributed by atoms with Crippen molar-refractivity contribution in [2.45, 2.75) is 0 Å². The van der Waals surface area contributed by atoms with Crippen LogP contribution >= 0.6 is 0 Å². The molecule has 0 bridgehead atoms. The molecule has 5 nitrogen and oxygen atoms in total. The van der Waals surface area contributed by atoms with Gasteiger partial charge in [-0.1, -0.05) is 0 Å². The van der Waals surface area contributed by atoms with Crippen LogP contribution in [-0.4, -0.2) is 19.2 Å².